The Balaban J connectivity index is 1.51. The van der Waals surface area contributed by atoms with Crippen molar-refractivity contribution in [2.45, 2.75) is 37.8 Å². The van der Waals surface area contributed by atoms with Crippen LogP contribution in [0.25, 0.3) is 22.2 Å². The first kappa shape index (κ1) is 29.6. The molecule has 0 aliphatic carbocycles. The number of hydrogen-bond acceptors (Lipinski definition) is 7. The molecule has 16 heteroatoms. The van der Waals surface area contributed by atoms with Gasteiger partial charge in [-0.25, -0.2) is 19.5 Å². The van der Waals surface area contributed by atoms with Crippen LogP contribution in [0.4, 0.5) is 36.4 Å². The van der Waals surface area contributed by atoms with Crippen LogP contribution in [0.15, 0.2) is 52.6 Å². The third kappa shape index (κ3) is 6.70. The molecule has 0 spiro atoms. The molecule has 0 radical (unpaired) electrons. The van der Waals surface area contributed by atoms with Crippen molar-refractivity contribution in [1.29, 1.82) is 0 Å². The highest BCUT2D eigenvalue weighted by Gasteiger charge is 2.37. The van der Waals surface area contributed by atoms with Crippen LogP contribution in [-0.2, 0) is 23.6 Å². The van der Waals surface area contributed by atoms with Gasteiger partial charge >= 0.3 is 12.4 Å². The van der Waals surface area contributed by atoms with Crippen LogP contribution in [-0.4, -0.2) is 44.5 Å². The molecule has 0 aliphatic heterocycles. The first-order valence-corrected chi connectivity index (χ1v) is 11.9. The average Bonchev–Trinajstić information content (AvgIpc) is 2.90. The highest BCUT2D eigenvalue weighted by molar-refractivity contribution is 5.86. The first-order chi connectivity index (χ1) is 19.3. The second-order valence-electron chi connectivity index (χ2n) is 8.95. The van der Waals surface area contributed by atoms with E-state index in [1.54, 1.807) is 5.10 Å². The van der Waals surface area contributed by atoms with Crippen molar-refractivity contribution in [3.63, 3.8) is 0 Å². The largest absolute Gasteiger partial charge is 0.423 e. The zero-order valence-corrected chi connectivity index (χ0v) is 21.1. The minimum absolute atomic E-state index is 0.00287. The molecule has 3 heterocycles. The number of ether oxygens (including phenoxy) is 1. The molecular weight excluding hydrogens is 565 g/mol. The number of pyridine rings is 1. The predicted molar refractivity (Wildman–Crippen MR) is 133 cm³/mol. The molecule has 3 aromatic heterocycles. The summed E-state index contributed by atoms with van der Waals surface area (Å²) in [4.78, 5) is 32.1. The SMILES string of the molecule is COC[C@@H](CCCn1cc(F)c2cc(-c3ncc(C(F)(F)F)cn3)ccc2c1=O)Nc1cn[nH]c(=O)c1C(F)(F)F. The number of aromatic amines is 1. The lowest BCUT2D eigenvalue weighted by Crippen LogP contribution is -2.31. The lowest BCUT2D eigenvalue weighted by Gasteiger charge is -2.21. The molecule has 0 saturated carbocycles. The van der Waals surface area contributed by atoms with E-state index in [1.807, 2.05) is 0 Å². The normalized spacial score (nSPS) is 13.0. The van der Waals surface area contributed by atoms with Gasteiger partial charge in [0, 0.05) is 49.2 Å². The smallest absolute Gasteiger partial charge is 0.383 e. The fourth-order valence-electron chi connectivity index (χ4n) is 4.19. The van der Waals surface area contributed by atoms with Gasteiger partial charge in [-0.3, -0.25) is 9.59 Å². The number of benzene rings is 1. The Morgan fingerprint density at radius 1 is 1.02 bits per heavy atom. The Kier molecular flexibility index (Phi) is 8.42. The van der Waals surface area contributed by atoms with Crippen LogP contribution >= 0.6 is 0 Å². The van der Waals surface area contributed by atoms with Crippen LogP contribution in [0.1, 0.15) is 24.0 Å². The summed E-state index contributed by atoms with van der Waals surface area (Å²) in [5.74, 6) is -0.881. The molecular formula is C25H21F7N6O3. The summed E-state index contributed by atoms with van der Waals surface area (Å²) < 4.78 is 99.6. The van der Waals surface area contributed by atoms with Gasteiger partial charge < -0.3 is 14.6 Å². The summed E-state index contributed by atoms with van der Waals surface area (Å²) in [5, 5.41) is 7.67. The van der Waals surface area contributed by atoms with Gasteiger partial charge in [0.2, 0.25) is 0 Å². The molecule has 0 unspecified atom stereocenters. The molecule has 4 rings (SSSR count). The van der Waals surface area contributed by atoms with Crippen molar-refractivity contribution in [3.05, 3.63) is 80.6 Å². The van der Waals surface area contributed by atoms with E-state index >= 15 is 4.39 Å². The number of aryl methyl sites for hydroxylation is 1. The number of nitrogens with zero attached hydrogens (tertiary/aromatic N) is 4. The lowest BCUT2D eigenvalue weighted by atomic mass is 10.1. The predicted octanol–water partition coefficient (Wildman–Crippen LogP) is 4.63. The third-order valence-electron chi connectivity index (χ3n) is 6.09. The van der Waals surface area contributed by atoms with Crippen molar-refractivity contribution < 1.29 is 35.5 Å². The molecule has 9 nitrogen and oxygen atoms in total. The number of H-pyrrole nitrogens is 1. The monoisotopic (exact) mass is 586 g/mol. The molecule has 0 fully saturated rings. The molecule has 0 aliphatic rings. The third-order valence-corrected chi connectivity index (χ3v) is 6.09. The summed E-state index contributed by atoms with van der Waals surface area (Å²) in [5.41, 5.74) is -4.80. The van der Waals surface area contributed by atoms with Gasteiger partial charge in [0.25, 0.3) is 11.1 Å². The molecule has 0 amide bonds. The maximum absolute atomic E-state index is 15.0. The van der Waals surface area contributed by atoms with Gasteiger partial charge in [-0.2, -0.15) is 31.4 Å². The molecule has 1 atom stereocenters. The van der Waals surface area contributed by atoms with E-state index in [1.165, 1.54) is 25.3 Å². The molecule has 4 aromatic rings. The Morgan fingerprint density at radius 3 is 2.37 bits per heavy atom. The highest BCUT2D eigenvalue weighted by Crippen LogP contribution is 2.32. The number of nitrogens with one attached hydrogen (secondary N) is 2. The Bertz CT molecular complexity index is 1650. The van der Waals surface area contributed by atoms with Crippen molar-refractivity contribution in [1.82, 2.24) is 24.7 Å². The molecule has 41 heavy (non-hydrogen) atoms. The summed E-state index contributed by atoms with van der Waals surface area (Å²) >= 11 is 0. The van der Waals surface area contributed by atoms with E-state index in [9.17, 15) is 35.9 Å². The summed E-state index contributed by atoms with van der Waals surface area (Å²) in [7, 11) is 1.34. The quantitative estimate of drug-likeness (QED) is 0.275. The van der Waals surface area contributed by atoms with Crippen molar-refractivity contribution >= 4 is 16.5 Å². The van der Waals surface area contributed by atoms with Crippen molar-refractivity contribution in [2.75, 3.05) is 19.0 Å². The number of alkyl halides is 6. The van der Waals surface area contributed by atoms with Crippen LogP contribution < -0.4 is 16.4 Å². The number of anilines is 1. The minimum atomic E-state index is -4.94. The van der Waals surface area contributed by atoms with E-state index in [4.69, 9.17) is 4.74 Å². The van der Waals surface area contributed by atoms with Gasteiger partial charge in [0.1, 0.15) is 11.4 Å². The maximum atomic E-state index is 15.0. The standard InChI is InChI=1S/C25H21F7N6O3/c1-41-12-15(36-19-10-35-37-22(39)20(19)25(30,31)32)3-2-6-38-11-18(26)17-7-13(4-5-16(17)23(38)40)21-33-8-14(9-34-21)24(27,28)29/h4-5,7-11,15H,2-3,6,12H2,1H3,(H2,36,37,39)/t15-/m1/s1. The van der Waals surface area contributed by atoms with Gasteiger partial charge in [-0.1, -0.05) is 6.07 Å². The molecule has 218 valence electrons. The van der Waals surface area contributed by atoms with Crippen molar-refractivity contribution in [2.24, 2.45) is 0 Å². The molecule has 0 bridgehead atoms. The second-order valence-corrected chi connectivity index (χ2v) is 8.95. The number of methoxy groups -OCH3 is 1. The Labute approximate surface area is 226 Å². The van der Waals surface area contributed by atoms with Crippen LogP contribution in [0.3, 0.4) is 0 Å². The zero-order chi connectivity index (χ0) is 29.9. The fourth-order valence-corrected chi connectivity index (χ4v) is 4.19. The Morgan fingerprint density at radius 2 is 1.73 bits per heavy atom. The first-order valence-electron chi connectivity index (χ1n) is 11.9. The summed E-state index contributed by atoms with van der Waals surface area (Å²) in [6.45, 7) is -0.0447. The van der Waals surface area contributed by atoms with Gasteiger partial charge in [-0.15, -0.1) is 0 Å². The van der Waals surface area contributed by atoms with E-state index < -0.39 is 52.1 Å². The topological polar surface area (TPSA) is 115 Å². The van der Waals surface area contributed by atoms with Gasteiger partial charge in [-0.05, 0) is 25.0 Å². The minimum Gasteiger partial charge on any atom is -0.383 e. The van der Waals surface area contributed by atoms with E-state index in [0.717, 1.165) is 17.0 Å². The van der Waals surface area contributed by atoms with E-state index in [0.29, 0.717) is 12.4 Å². The van der Waals surface area contributed by atoms with Crippen LogP contribution in [0.5, 0.6) is 0 Å². The lowest BCUT2D eigenvalue weighted by molar-refractivity contribution is -0.139. The van der Waals surface area contributed by atoms with Crippen LogP contribution in [0.2, 0.25) is 0 Å². The molecule has 2 N–H and O–H groups in total. The van der Waals surface area contributed by atoms with Gasteiger partial charge in [0.05, 0.1) is 29.4 Å². The number of halogens is 7. The number of rotatable bonds is 9. The number of fused-ring (bicyclic) bond motifs is 1. The summed E-state index contributed by atoms with van der Waals surface area (Å²) in [6, 6.07) is 3.23. The van der Waals surface area contributed by atoms with E-state index in [-0.39, 0.29) is 48.2 Å². The van der Waals surface area contributed by atoms with Gasteiger partial charge in [0.15, 0.2) is 5.82 Å². The molecule has 1 aromatic carbocycles. The van der Waals surface area contributed by atoms with Crippen LogP contribution in [0, 0.1) is 5.82 Å². The average molecular weight is 586 g/mol. The molecule has 0 saturated heterocycles. The second kappa shape index (κ2) is 11.6. The summed E-state index contributed by atoms with van der Waals surface area (Å²) in [6.07, 6.45) is -6.18. The maximum Gasteiger partial charge on any atom is 0.423 e. The number of aromatic nitrogens is 5. The van der Waals surface area contributed by atoms with E-state index in [2.05, 4.69) is 20.4 Å². The fraction of sp³-hybridized carbons (Fsp3) is 0.320. The Hall–Kier alpha value is -4.34. The van der Waals surface area contributed by atoms with Crippen molar-refractivity contribution in [3.8, 4) is 11.4 Å². The number of hydrogen-bond donors (Lipinski definition) is 2. The zero-order valence-electron chi connectivity index (χ0n) is 21.1. The highest BCUT2D eigenvalue weighted by atomic mass is 19.4.